The fourth-order valence-corrected chi connectivity index (χ4v) is 4.78. The third kappa shape index (κ3) is 5.02. The van der Waals surface area contributed by atoms with Crippen LogP contribution < -0.4 is 19.1 Å². The maximum atomic E-state index is 13.0. The highest BCUT2D eigenvalue weighted by molar-refractivity contribution is 7.92. The van der Waals surface area contributed by atoms with E-state index in [1.54, 1.807) is 12.1 Å². The molecule has 10 heteroatoms. The Morgan fingerprint density at radius 3 is 2.35 bits per heavy atom. The summed E-state index contributed by atoms with van der Waals surface area (Å²) in [6.45, 7) is 6.42. The first kappa shape index (κ1) is 22.7. The number of ether oxygens (including phenoxy) is 2. The smallest absolute Gasteiger partial charge is 0.337 e. The van der Waals surface area contributed by atoms with Crippen molar-refractivity contribution in [2.45, 2.75) is 11.8 Å². The Hall–Kier alpha value is -2.98. The van der Waals surface area contributed by atoms with Crippen LogP contribution in [0.1, 0.15) is 17.3 Å². The van der Waals surface area contributed by atoms with Crippen molar-refractivity contribution in [2.24, 2.45) is 0 Å². The first-order valence-corrected chi connectivity index (χ1v) is 11.4. The summed E-state index contributed by atoms with van der Waals surface area (Å²) in [5, 5.41) is 9.71. The van der Waals surface area contributed by atoms with E-state index in [1.807, 2.05) is 0 Å². The van der Waals surface area contributed by atoms with Crippen LogP contribution in [-0.2, 0) is 10.0 Å². The van der Waals surface area contributed by atoms with Gasteiger partial charge in [0, 0.05) is 37.9 Å². The zero-order valence-corrected chi connectivity index (χ0v) is 18.6. The maximum absolute atomic E-state index is 13.0. The molecule has 0 radical (unpaired) electrons. The van der Waals surface area contributed by atoms with Gasteiger partial charge in [0.2, 0.25) is 0 Å². The van der Waals surface area contributed by atoms with Crippen LogP contribution in [0.4, 0.5) is 11.4 Å². The number of carbonyl (C=O) groups is 1. The lowest BCUT2D eigenvalue weighted by Gasteiger charge is -2.35. The van der Waals surface area contributed by atoms with E-state index in [-0.39, 0.29) is 21.9 Å². The Morgan fingerprint density at radius 2 is 1.77 bits per heavy atom. The van der Waals surface area contributed by atoms with E-state index in [9.17, 15) is 18.3 Å². The van der Waals surface area contributed by atoms with Crippen molar-refractivity contribution in [1.82, 2.24) is 4.90 Å². The highest BCUT2D eigenvalue weighted by atomic mass is 32.2. The highest BCUT2D eigenvalue weighted by Crippen LogP contribution is 2.31. The standard InChI is InChI=1S/C21H27N3O6S/c1-4-23-9-11-24(12-10-23)15-5-7-18(17(13-15)21(25)26)22-31(27,28)20-14-16(29-2)6-8-19(20)30-3/h5-8,13-14,22H,4,9-12H2,1-3H3,(H,25,26). The number of piperazine rings is 1. The second-order valence-corrected chi connectivity index (χ2v) is 8.73. The molecule has 2 N–H and O–H groups in total. The molecule has 1 aliphatic heterocycles. The molecule has 3 rings (SSSR count). The fourth-order valence-electron chi connectivity index (χ4n) is 3.51. The molecule has 0 aromatic heterocycles. The molecule has 0 bridgehead atoms. The first-order valence-electron chi connectivity index (χ1n) is 9.88. The van der Waals surface area contributed by atoms with Gasteiger partial charge in [-0.3, -0.25) is 4.72 Å². The molecule has 1 heterocycles. The molecule has 0 aliphatic carbocycles. The summed E-state index contributed by atoms with van der Waals surface area (Å²) >= 11 is 0. The number of hydrogen-bond acceptors (Lipinski definition) is 7. The van der Waals surface area contributed by atoms with Gasteiger partial charge in [0.1, 0.15) is 16.4 Å². The van der Waals surface area contributed by atoms with Crippen LogP contribution in [0, 0.1) is 0 Å². The van der Waals surface area contributed by atoms with Gasteiger partial charge < -0.3 is 24.4 Å². The molecule has 1 fully saturated rings. The lowest BCUT2D eigenvalue weighted by atomic mass is 10.1. The van der Waals surface area contributed by atoms with Crippen LogP contribution in [0.5, 0.6) is 11.5 Å². The second kappa shape index (κ2) is 9.44. The van der Waals surface area contributed by atoms with Gasteiger partial charge in [-0.1, -0.05) is 6.92 Å². The molecule has 2 aromatic rings. The molecule has 0 spiro atoms. The average Bonchev–Trinajstić information content (AvgIpc) is 2.78. The summed E-state index contributed by atoms with van der Waals surface area (Å²) in [6.07, 6.45) is 0. The Labute approximate surface area is 182 Å². The number of sulfonamides is 1. The summed E-state index contributed by atoms with van der Waals surface area (Å²) < 4.78 is 38.7. The molecule has 31 heavy (non-hydrogen) atoms. The van der Waals surface area contributed by atoms with Gasteiger partial charge in [0.15, 0.2) is 0 Å². The summed E-state index contributed by atoms with van der Waals surface area (Å²) in [7, 11) is -1.35. The molecule has 1 aliphatic rings. The van der Waals surface area contributed by atoms with E-state index in [4.69, 9.17) is 9.47 Å². The first-order chi connectivity index (χ1) is 14.8. The van der Waals surface area contributed by atoms with Crippen LogP contribution in [0.25, 0.3) is 0 Å². The molecule has 168 valence electrons. The van der Waals surface area contributed by atoms with Crippen molar-refractivity contribution in [3.05, 3.63) is 42.0 Å². The Bertz CT molecular complexity index is 1050. The van der Waals surface area contributed by atoms with E-state index < -0.39 is 16.0 Å². The molecule has 9 nitrogen and oxygen atoms in total. The lowest BCUT2D eigenvalue weighted by Crippen LogP contribution is -2.46. The third-order valence-electron chi connectivity index (χ3n) is 5.32. The van der Waals surface area contributed by atoms with Crippen LogP contribution in [0.3, 0.4) is 0 Å². The quantitative estimate of drug-likeness (QED) is 0.632. The number of aromatic carboxylic acids is 1. The van der Waals surface area contributed by atoms with Crippen molar-refractivity contribution in [3.8, 4) is 11.5 Å². The number of rotatable bonds is 8. The zero-order chi connectivity index (χ0) is 22.6. The minimum Gasteiger partial charge on any atom is -0.497 e. The van der Waals surface area contributed by atoms with Crippen LogP contribution in [0.2, 0.25) is 0 Å². The fraction of sp³-hybridized carbons (Fsp3) is 0.381. The van der Waals surface area contributed by atoms with Gasteiger partial charge in [-0.05, 0) is 36.9 Å². The molecule has 0 atom stereocenters. The van der Waals surface area contributed by atoms with Gasteiger partial charge in [-0.15, -0.1) is 0 Å². The summed E-state index contributed by atoms with van der Waals surface area (Å²) in [4.78, 5) is 16.2. The number of anilines is 2. The minimum absolute atomic E-state index is 0.0201. The van der Waals surface area contributed by atoms with E-state index in [0.29, 0.717) is 5.75 Å². The van der Waals surface area contributed by atoms with Crippen molar-refractivity contribution in [2.75, 3.05) is 56.6 Å². The molecule has 2 aromatic carbocycles. The molecule has 0 saturated carbocycles. The number of carboxylic acids is 1. The lowest BCUT2D eigenvalue weighted by molar-refractivity contribution is 0.0698. The van der Waals surface area contributed by atoms with Crippen LogP contribution in [0.15, 0.2) is 41.3 Å². The summed E-state index contributed by atoms with van der Waals surface area (Å²) in [6, 6.07) is 9.09. The van der Waals surface area contributed by atoms with Gasteiger partial charge in [0.05, 0.1) is 25.5 Å². The van der Waals surface area contributed by atoms with E-state index in [2.05, 4.69) is 21.4 Å². The predicted octanol–water partition coefficient (Wildman–Crippen LogP) is 2.34. The van der Waals surface area contributed by atoms with E-state index >= 15 is 0 Å². The number of nitrogens with zero attached hydrogens (tertiary/aromatic N) is 2. The van der Waals surface area contributed by atoms with E-state index in [0.717, 1.165) is 38.4 Å². The second-order valence-electron chi connectivity index (χ2n) is 7.08. The zero-order valence-electron chi connectivity index (χ0n) is 17.8. The topological polar surface area (TPSA) is 108 Å². The van der Waals surface area contributed by atoms with Crippen molar-refractivity contribution in [3.63, 3.8) is 0 Å². The molecule has 0 amide bonds. The van der Waals surface area contributed by atoms with Crippen molar-refractivity contribution in [1.29, 1.82) is 0 Å². The molecular formula is C21H27N3O6S. The van der Waals surface area contributed by atoms with Crippen molar-refractivity contribution >= 4 is 27.4 Å². The minimum atomic E-state index is -4.13. The van der Waals surface area contributed by atoms with Gasteiger partial charge in [-0.25, -0.2) is 13.2 Å². The molecular weight excluding hydrogens is 422 g/mol. The normalized spacial score (nSPS) is 14.9. The Kier molecular flexibility index (Phi) is 6.91. The number of likely N-dealkylation sites (N-methyl/N-ethyl adjacent to an activating group) is 1. The highest BCUT2D eigenvalue weighted by Gasteiger charge is 2.24. The SMILES string of the molecule is CCN1CCN(c2ccc(NS(=O)(=O)c3cc(OC)ccc3OC)c(C(=O)O)c2)CC1. The van der Waals surface area contributed by atoms with Gasteiger partial charge in [0.25, 0.3) is 10.0 Å². The summed E-state index contributed by atoms with van der Waals surface area (Å²) in [5.74, 6) is -0.763. The molecule has 0 unspecified atom stereocenters. The Balaban J connectivity index is 1.92. The van der Waals surface area contributed by atoms with Crippen LogP contribution >= 0.6 is 0 Å². The van der Waals surface area contributed by atoms with Gasteiger partial charge in [-0.2, -0.15) is 0 Å². The van der Waals surface area contributed by atoms with Crippen molar-refractivity contribution < 1.29 is 27.8 Å². The number of carboxylic acid groups (broad SMARTS) is 1. The third-order valence-corrected chi connectivity index (χ3v) is 6.71. The van der Waals surface area contributed by atoms with E-state index in [1.165, 1.54) is 38.5 Å². The number of hydrogen-bond donors (Lipinski definition) is 2. The summed E-state index contributed by atoms with van der Waals surface area (Å²) in [5.41, 5.74) is 0.601. The van der Waals surface area contributed by atoms with Crippen LogP contribution in [-0.4, -0.2) is 71.3 Å². The Morgan fingerprint density at radius 1 is 1.06 bits per heavy atom. The number of methoxy groups -OCH3 is 2. The molecule has 1 saturated heterocycles. The largest absolute Gasteiger partial charge is 0.497 e. The van der Waals surface area contributed by atoms with Gasteiger partial charge >= 0.3 is 5.97 Å². The number of nitrogens with one attached hydrogen (secondary N) is 1. The predicted molar refractivity (Wildman–Crippen MR) is 118 cm³/mol. The maximum Gasteiger partial charge on any atom is 0.337 e. The average molecular weight is 450 g/mol. The monoisotopic (exact) mass is 449 g/mol. The number of benzene rings is 2.